The first-order valence-corrected chi connectivity index (χ1v) is 9.52. The summed E-state index contributed by atoms with van der Waals surface area (Å²) >= 11 is 0. The quantitative estimate of drug-likeness (QED) is 0.796. The molecule has 2 aromatic rings. The SMILES string of the molecule is CCc1nc(CC#N)nc(N2CCN(C(C)=O)CC2)c1Cc1ccc(F)cc1. The fourth-order valence-electron chi connectivity index (χ4n) is 3.49. The molecule has 6 nitrogen and oxygen atoms in total. The van der Waals surface area contributed by atoms with Crippen LogP contribution in [-0.2, 0) is 24.1 Å². The molecule has 0 spiro atoms. The van der Waals surface area contributed by atoms with Gasteiger partial charge in [0.15, 0.2) is 0 Å². The van der Waals surface area contributed by atoms with Gasteiger partial charge in [0.05, 0.1) is 12.5 Å². The number of halogens is 1. The lowest BCUT2D eigenvalue weighted by atomic mass is 10.0. The predicted molar refractivity (Wildman–Crippen MR) is 104 cm³/mol. The standard InChI is InChI=1S/C21H24FN5O/c1-3-19-18(14-16-4-6-17(22)7-5-16)21(25-20(24-19)8-9-23)27-12-10-26(11-13-27)15(2)28/h4-7H,3,8,10-14H2,1-2H3. The van der Waals surface area contributed by atoms with E-state index in [2.05, 4.69) is 16.0 Å². The van der Waals surface area contributed by atoms with Crippen molar-refractivity contribution in [2.45, 2.75) is 33.1 Å². The molecule has 1 aromatic carbocycles. The van der Waals surface area contributed by atoms with Gasteiger partial charge in [0.1, 0.15) is 17.5 Å². The Morgan fingerprint density at radius 3 is 2.43 bits per heavy atom. The molecule has 2 heterocycles. The van der Waals surface area contributed by atoms with Crippen molar-refractivity contribution in [1.82, 2.24) is 14.9 Å². The van der Waals surface area contributed by atoms with Gasteiger partial charge >= 0.3 is 0 Å². The van der Waals surface area contributed by atoms with Crippen LogP contribution in [0.3, 0.4) is 0 Å². The average molecular weight is 381 g/mol. The van der Waals surface area contributed by atoms with Gasteiger partial charge in [0.2, 0.25) is 5.91 Å². The van der Waals surface area contributed by atoms with E-state index >= 15 is 0 Å². The highest BCUT2D eigenvalue weighted by Crippen LogP contribution is 2.26. The highest BCUT2D eigenvalue weighted by Gasteiger charge is 2.24. The second kappa shape index (κ2) is 8.79. The molecule has 1 amide bonds. The lowest BCUT2D eigenvalue weighted by Gasteiger charge is -2.36. The zero-order valence-corrected chi connectivity index (χ0v) is 16.3. The maximum atomic E-state index is 13.3. The van der Waals surface area contributed by atoms with Gasteiger partial charge in [-0.3, -0.25) is 4.79 Å². The van der Waals surface area contributed by atoms with Crippen LogP contribution in [0.15, 0.2) is 24.3 Å². The summed E-state index contributed by atoms with van der Waals surface area (Å²) < 4.78 is 13.3. The molecule has 0 atom stereocenters. The number of aryl methyl sites for hydroxylation is 1. The number of benzene rings is 1. The molecular formula is C21H24FN5O. The molecule has 28 heavy (non-hydrogen) atoms. The Labute approximate surface area is 164 Å². The van der Waals surface area contributed by atoms with Gasteiger partial charge in [-0.1, -0.05) is 19.1 Å². The Morgan fingerprint density at radius 2 is 1.86 bits per heavy atom. The summed E-state index contributed by atoms with van der Waals surface area (Å²) in [6, 6.07) is 8.58. The van der Waals surface area contributed by atoms with E-state index in [0.29, 0.717) is 38.4 Å². The Hall–Kier alpha value is -3.01. The zero-order valence-electron chi connectivity index (χ0n) is 16.3. The molecule has 0 unspecified atom stereocenters. The van der Waals surface area contributed by atoms with Crippen molar-refractivity contribution in [3.63, 3.8) is 0 Å². The van der Waals surface area contributed by atoms with E-state index in [1.54, 1.807) is 19.1 Å². The smallest absolute Gasteiger partial charge is 0.219 e. The molecule has 1 aliphatic heterocycles. The number of hydrogen-bond acceptors (Lipinski definition) is 5. The van der Waals surface area contributed by atoms with Crippen molar-refractivity contribution >= 4 is 11.7 Å². The van der Waals surface area contributed by atoms with E-state index in [-0.39, 0.29) is 18.1 Å². The lowest BCUT2D eigenvalue weighted by molar-refractivity contribution is -0.129. The molecular weight excluding hydrogens is 357 g/mol. The molecule has 7 heteroatoms. The number of nitriles is 1. The molecule has 0 bridgehead atoms. The van der Waals surface area contributed by atoms with Crippen LogP contribution in [0.4, 0.5) is 10.2 Å². The van der Waals surface area contributed by atoms with Gasteiger partial charge in [0, 0.05) is 50.8 Å². The Morgan fingerprint density at radius 1 is 1.18 bits per heavy atom. The van der Waals surface area contributed by atoms with Crippen molar-refractivity contribution in [3.05, 3.63) is 52.7 Å². The van der Waals surface area contributed by atoms with Gasteiger partial charge in [0.25, 0.3) is 0 Å². The maximum Gasteiger partial charge on any atom is 0.219 e. The van der Waals surface area contributed by atoms with Gasteiger partial charge in [-0.2, -0.15) is 5.26 Å². The summed E-state index contributed by atoms with van der Waals surface area (Å²) in [5.74, 6) is 1.16. The Kier molecular flexibility index (Phi) is 6.19. The number of carbonyl (C=O) groups is 1. The summed E-state index contributed by atoms with van der Waals surface area (Å²) in [5.41, 5.74) is 2.90. The van der Waals surface area contributed by atoms with E-state index in [1.165, 1.54) is 12.1 Å². The Bertz CT molecular complexity index is 883. The number of nitrogens with zero attached hydrogens (tertiary/aromatic N) is 5. The molecule has 0 radical (unpaired) electrons. The average Bonchev–Trinajstić information content (AvgIpc) is 2.70. The summed E-state index contributed by atoms with van der Waals surface area (Å²) in [4.78, 5) is 24.9. The van der Waals surface area contributed by atoms with Crippen LogP contribution in [0.25, 0.3) is 0 Å². The highest BCUT2D eigenvalue weighted by molar-refractivity contribution is 5.73. The van der Waals surface area contributed by atoms with Crippen LogP contribution in [0.1, 0.15) is 36.5 Å². The van der Waals surface area contributed by atoms with Crippen LogP contribution in [0.5, 0.6) is 0 Å². The van der Waals surface area contributed by atoms with Gasteiger partial charge in [-0.25, -0.2) is 14.4 Å². The third-order valence-corrected chi connectivity index (χ3v) is 5.01. The third-order valence-electron chi connectivity index (χ3n) is 5.01. The largest absolute Gasteiger partial charge is 0.353 e. The lowest BCUT2D eigenvalue weighted by Crippen LogP contribution is -2.48. The zero-order chi connectivity index (χ0) is 20.1. The van der Waals surface area contributed by atoms with Crippen molar-refractivity contribution in [1.29, 1.82) is 5.26 Å². The summed E-state index contributed by atoms with van der Waals surface area (Å²) in [7, 11) is 0. The van der Waals surface area contributed by atoms with Crippen LogP contribution >= 0.6 is 0 Å². The van der Waals surface area contributed by atoms with Gasteiger partial charge in [-0.15, -0.1) is 0 Å². The van der Waals surface area contributed by atoms with Crippen molar-refractivity contribution < 1.29 is 9.18 Å². The van der Waals surface area contributed by atoms with Crippen LogP contribution < -0.4 is 4.90 Å². The number of piperazine rings is 1. The first-order chi connectivity index (χ1) is 13.5. The molecule has 3 rings (SSSR count). The second-order valence-electron chi connectivity index (χ2n) is 6.87. The van der Waals surface area contributed by atoms with E-state index < -0.39 is 0 Å². The maximum absolute atomic E-state index is 13.3. The van der Waals surface area contributed by atoms with E-state index in [4.69, 9.17) is 10.2 Å². The summed E-state index contributed by atoms with van der Waals surface area (Å²) in [6.07, 6.45) is 1.47. The first kappa shape index (κ1) is 19.7. The topological polar surface area (TPSA) is 73.1 Å². The molecule has 0 N–H and O–H groups in total. The molecule has 1 aliphatic rings. The number of hydrogen-bond donors (Lipinski definition) is 0. The molecule has 1 saturated heterocycles. The number of carbonyl (C=O) groups excluding carboxylic acids is 1. The van der Waals surface area contributed by atoms with Crippen molar-refractivity contribution in [2.24, 2.45) is 0 Å². The number of anilines is 1. The van der Waals surface area contributed by atoms with Crippen LogP contribution in [0.2, 0.25) is 0 Å². The van der Waals surface area contributed by atoms with Crippen molar-refractivity contribution in [2.75, 3.05) is 31.1 Å². The minimum atomic E-state index is -0.263. The number of aromatic nitrogens is 2. The molecule has 1 fully saturated rings. The fourth-order valence-corrected chi connectivity index (χ4v) is 3.49. The van der Waals surface area contributed by atoms with E-state index in [0.717, 1.165) is 29.1 Å². The fraction of sp³-hybridized carbons (Fsp3) is 0.429. The van der Waals surface area contributed by atoms with E-state index in [9.17, 15) is 9.18 Å². The second-order valence-corrected chi connectivity index (χ2v) is 6.87. The minimum Gasteiger partial charge on any atom is -0.353 e. The summed E-state index contributed by atoms with van der Waals surface area (Å²) in [6.45, 7) is 6.27. The van der Waals surface area contributed by atoms with Crippen LogP contribution in [0, 0.1) is 17.1 Å². The minimum absolute atomic E-state index is 0.0771. The third kappa shape index (κ3) is 4.45. The molecule has 1 aromatic heterocycles. The molecule has 146 valence electrons. The van der Waals surface area contributed by atoms with E-state index in [1.807, 2.05) is 11.8 Å². The molecule has 0 aliphatic carbocycles. The highest BCUT2D eigenvalue weighted by atomic mass is 19.1. The van der Waals surface area contributed by atoms with Gasteiger partial charge in [-0.05, 0) is 24.1 Å². The number of amides is 1. The monoisotopic (exact) mass is 381 g/mol. The Balaban J connectivity index is 1.97. The van der Waals surface area contributed by atoms with Crippen molar-refractivity contribution in [3.8, 4) is 6.07 Å². The molecule has 0 saturated carbocycles. The van der Waals surface area contributed by atoms with Gasteiger partial charge < -0.3 is 9.80 Å². The van der Waals surface area contributed by atoms with Crippen LogP contribution in [-0.4, -0.2) is 47.0 Å². The predicted octanol–water partition coefficient (Wildman–Crippen LogP) is 2.50. The first-order valence-electron chi connectivity index (χ1n) is 9.52. The number of rotatable bonds is 5. The normalized spacial score (nSPS) is 14.1. The summed E-state index contributed by atoms with van der Waals surface area (Å²) in [5, 5.41) is 9.09.